The molecule has 0 bridgehead atoms. The van der Waals surface area contributed by atoms with E-state index in [1.54, 1.807) is 35.2 Å². The van der Waals surface area contributed by atoms with Crippen LogP contribution in [0.2, 0.25) is 5.02 Å². The van der Waals surface area contributed by atoms with Crippen LogP contribution in [0.25, 0.3) is 16.6 Å². The lowest BCUT2D eigenvalue weighted by molar-refractivity contribution is -0.130. The minimum atomic E-state index is -0.650. The molecule has 1 aromatic heterocycles. The van der Waals surface area contributed by atoms with Crippen LogP contribution in [0, 0.1) is 0 Å². The largest absolute Gasteiger partial charge is 0.341 e. The highest BCUT2D eigenvalue weighted by molar-refractivity contribution is 6.31. The summed E-state index contributed by atoms with van der Waals surface area (Å²) >= 11 is 6.11. The number of hydrogen-bond acceptors (Lipinski definition) is 4. The van der Waals surface area contributed by atoms with Crippen molar-refractivity contribution in [1.29, 1.82) is 0 Å². The van der Waals surface area contributed by atoms with Gasteiger partial charge in [-0.05, 0) is 50.1 Å². The van der Waals surface area contributed by atoms with Gasteiger partial charge in [-0.15, -0.1) is 0 Å². The van der Waals surface area contributed by atoms with Crippen LogP contribution in [0.5, 0.6) is 0 Å². The number of hydrogen-bond donors (Lipinski definition) is 0. The number of Topliss-reactive ketones (excluding diaryl/α,β-unsaturated/α-hetero) is 1. The Morgan fingerprint density at radius 1 is 1.03 bits per heavy atom. The van der Waals surface area contributed by atoms with Crippen LogP contribution < -0.4 is 11.2 Å². The van der Waals surface area contributed by atoms with Gasteiger partial charge < -0.3 is 4.90 Å². The highest BCUT2D eigenvalue weighted by atomic mass is 35.5. The monoisotopic (exact) mass is 425 g/mol. The molecule has 0 saturated carbocycles. The first-order chi connectivity index (χ1) is 14.4. The standard InChI is InChI=1S/C22H20ClN3O4/c1-14(27)15-5-4-6-17(11-15)26-21(29)18-8-7-16(23)12-19(18)25(22(26)30)13-20(28)24-9-2-3-10-24/h4-8,11-12H,2-3,9-10,13H2,1H3. The molecule has 1 fully saturated rings. The van der Waals surface area contributed by atoms with E-state index < -0.39 is 11.2 Å². The Morgan fingerprint density at radius 3 is 2.47 bits per heavy atom. The molecule has 3 aromatic rings. The number of amides is 1. The highest BCUT2D eigenvalue weighted by Gasteiger charge is 2.22. The van der Waals surface area contributed by atoms with Crippen LogP contribution in [0.3, 0.4) is 0 Å². The number of halogens is 1. The zero-order valence-corrected chi connectivity index (χ0v) is 17.2. The van der Waals surface area contributed by atoms with Gasteiger partial charge in [0.05, 0.1) is 16.6 Å². The lowest BCUT2D eigenvalue weighted by atomic mass is 10.1. The Balaban J connectivity index is 1.96. The van der Waals surface area contributed by atoms with Crippen molar-refractivity contribution < 1.29 is 9.59 Å². The molecule has 1 saturated heterocycles. The smallest absolute Gasteiger partial charge is 0.336 e. The minimum absolute atomic E-state index is 0.179. The van der Waals surface area contributed by atoms with Gasteiger partial charge in [-0.25, -0.2) is 9.36 Å². The summed E-state index contributed by atoms with van der Waals surface area (Å²) in [7, 11) is 0. The van der Waals surface area contributed by atoms with E-state index in [0.717, 1.165) is 17.4 Å². The summed E-state index contributed by atoms with van der Waals surface area (Å²) in [4.78, 5) is 52.8. The zero-order chi connectivity index (χ0) is 21.4. The van der Waals surface area contributed by atoms with Crippen LogP contribution >= 0.6 is 11.6 Å². The third kappa shape index (κ3) is 3.57. The molecule has 2 heterocycles. The topological polar surface area (TPSA) is 81.4 Å². The number of fused-ring (bicyclic) bond motifs is 1. The molecule has 0 radical (unpaired) electrons. The van der Waals surface area contributed by atoms with Gasteiger partial charge >= 0.3 is 5.69 Å². The summed E-state index contributed by atoms with van der Waals surface area (Å²) in [5.41, 5.74) is -0.212. The maximum atomic E-state index is 13.4. The van der Waals surface area contributed by atoms with Crippen LogP contribution in [0.4, 0.5) is 0 Å². The third-order valence-corrected chi connectivity index (χ3v) is 5.60. The van der Waals surface area contributed by atoms with Crippen LogP contribution in [0.15, 0.2) is 52.1 Å². The molecule has 154 valence electrons. The van der Waals surface area contributed by atoms with Crippen molar-refractivity contribution in [3.63, 3.8) is 0 Å². The Morgan fingerprint density at radius 2 is 1.77 bits per heavy atom. The van der Waals surface area contributed by atoms with Gasteiger partial charge in [-0.3, -0.25) is 19.0 Å². The molecule has 0 spiro atoms. The summed E-state index contributed by atoms with van der Waals surface area (Å²) in [6.07, 6.45) is 1.87. The van der Waals surface area contributed by atoms with Gasteiger partial charge in [0.1, 0.15) is 6.54 Å². The molecule has 1 amide bonds. The first-order valence-electron chi connectivity index (χ1n) is 9.71. The maximum absolute atomic E-state index is 13.4. The van der Waals surface area contributed by atoms with Crippen molar-refractivity contribution in [2.24, 2.45) is 0 Å². The molecule has 1 aliphatic rings. The lowest BCUT2D eigenvalue weighted by Crippen LogP contribution is -2.42. The van der Waals surface area contributed by atoms with Crippen molar-refractivity contribution in [1.82, 2.24) is 14.0 Å². The first-order valence-corrected chi connectivity index (χ1v) is 10.1. The van der Waals surface area contributed by atoms with Gasteiger partial charge in [0.25, 0.3) is 5.56 Å². The predicted molar refractivity (Wildman–Crippen MR) is 115 cm³/mol. The number of ketones is 1. The molecule has 0 unspecified atom stereocenters. The lowest BCUT2D eigenvalue weighted by Gasteiger charge is -2.18. The van der Waals surface area contributed by atoms with Crippen molar-refractivity contribution in [3.8, 4) is 5.69 Å². The van der Waals surface area contributed by atoms with Crippen LogP contribution in [-0.2, 0) is 11.3 Å². The average Bonchev–Trinajstić information content (AvgIpc) is 3.26. The Labute approximate surface area is 177 Å². The van der Waals surface area contributed by atoms with E-state index in [0.29, 0.717) is 29.2 Å². The summed E-state index contributed by atoms with van der Waals surface area (Å²) in [6, 6.07) is 11.0. The molecule has 0 N–H and O–H groups in total. The van der Waals surface area contributed by atoms with Crippen LogP contribution in [0.1, 0.15) is 30.1 Å². The fourth-order valence-corrected chi connectivity index (χ4v) is 3.95. The third-order valence-electron chi connectivity index (χ3n) is 5.37. The highest BCUT2D eigenvalue weighted by Crippen LogP contribution is 2.18. The SMILES string of the molecule is CC(=O)c1cccc(-n2c(=O)c3ccc(Cl)cc3n(CC(=O)N3CCCC3)c2=O)c1. The number of carbonyl (C=O) groups excluding carboxylic acids is 2. The molecular formula is C22H20ClN3O4. The number of likely N-dealkylation sites (tertiary alicyclic amines) is 1. The summed E-state index contributed by atoms with van der Waals surface area (Å²) < 4.78 is 2.28. The molecule has 0 aliphatic carbocycles. The van der Waals surface area contributed by atoms with Gasteiger partial charge in [0, 0.05) is 23.7 Å². The van der Waals surface area contributed by atoms with E-state index in [4.69, 9.17) is 11.6 Å². The summed E-state index contributed by atoms with van der Waals surface area (Å²) in [5.74, 6) is -0.361. The first kappa shape index (κ1) is 20.1. The molecule has 30 heavy (non-hydrogen) atoms. The van der Waals surface area contributed by atoms with Gasteiger partial charge in [0.2, 0.25) is 5.91 Å². The second-order valence-electron chi connectivity index (χ2n) is 7.37. The quantitative estimate of drug-likeness (QED) is 0.602. The van der Waals surface area contributed by atoms with Crippen molar-refractivity contribution >= 4 is 34.2 Å². The van der Waals surface area contributed by atoms with E-state index in [1.807, 2.05) is 0 Å². The van der Waals surface area contributed by atoms with Gasteiger partial charge in [0.15, 0.2) is 5.78 Å². The van der Waals surface area contributed by atoms with E-state index in [-0.39, 0.29) is 29.3 Å². The molecular weight excluding hydrogens is 406 g/mol. The Bertz CT molecular complexity index is 1290. The molecule has 2 aromatic carbocycles. The molecule has 1 aliphatic heterocycles. The van der Waals surface area contributed by atoms with E-state index >= 15 is 0 Å². The van der Waals surface area contributed by atoms with Crippen molar-refractivity contribution in [2.45, 2.75) is 26.3 Å². The summed E-state index contributed by atoms with van der Waals surface area (Å²) in [5, 5.41) is 0.626. The van der Waals surface area contributed by atoms with E-state index in [2.05, 4.69) is 0 Å². The number of nitrogens with zero attached hydrogens (tertiary/aromatic N) is 3. The second kappa shape index (κ2) is 7.91. The zero-order valence-electron chi connectivity index (χ0n) is 16.4. The van der Waals surface area contributed by atoms with E-state index in [1.165, 1.54) is 23.6 Å². The normalized spacial score (nSPS) is 13.7. The number of carbonyl (C=O) groups is 2. The average molecular weight is 426 g/mol. The van der Waals surface area contributed by atoms with Crippen molar-refractivity contribution in [2.75, 3.05) is 13.1 Å². The second-order valence-corrected chi connectivity index (χ2v) is 7.80. The van der Waals surface area contributed by atoms with Crippen LogP contribution in [-0.4, -0.2) is 38.8 Å². The Kier molecular flexibility index (Phi) is 5.30. The van der Waals surface area contributed by atoms with Gasteiger partial charge in [-0.2, -0.15) is 0 Å². The molecule has 8 heteroatoms. The Hall–Kier alpha value is -3.19. The molecule has 4 rings (SSSR count). The minimum Gasteiger partial charge on any atom is -0.341 e. The number of benzene rings is 2. The molecule has 0 atom stereocenters. The fraction of sp³-hybridized carbons (Fsp3) is 0.273. The fourth-order valence-electron chi connectivity index (χ4n) is 3.79. The maximum Gasteiger partial charge on any atom is 0.336 e. The van der Waals surface area contributed by atoms with Gasteiger partial charge in [-0.1, -0.05) is 23.7 Å². The molecule has 7 nitrogen and oxygen atoms in total. The van der Waals surface area contributed by atoms with E-state index in [9.17, 15) is 19.2 Å². The summed E-state index contributed by atoms with van der Waals surface area (Å²) in [6.45, 7) is 2.54. The van der Waals surface area contributed by atoms with Crippen molar-refractivity contribution in [3.05, 3.63) is 73.9 Å². The number of aromatic nitrogens is 2. The predicted octanol–water partition coefficient (Wildman–Crippen LogP) is 2.63. The number of rotatable bonds is 4.